The predicted molar refractivity (Wildman–Crippen MR) is 83.7 cm³/mol. The summed E-state index contributed by atoms with van der Waals surface area (Å²) in [5.74, 6) is 0.461. The summed E-state index contributed by atoms with van der Waals surface area (Å²) in [4.78, 5) is 2.34. The molecule has 0 saturated heterocycles. The molecule has 0 heterocycles. The molecule has 0 amide bonds. The van der Waals surface area contributed by atoms with Gasteiger partial charge in [-0.25, -0.2) is 4.39 Å². The van der Waals surface area contributed by atoms with E-state index >= 15 is 0 Å². The van der Waals surface area contributed by atoms with Gasteiger partial charge in [0.15, 0.2) is 0 Å². The summed E-state index contributed by atoms with van der Waals surface area (Å²) in [5.41, 5.74) is 1.14. The third-order valence-corrected chi connectivity index (χ3v) is 4.30. The highest BCUT2D eigenvalue weighted by atomic mass is 19.1. The van der Waals surface area contributed by atoms with E-state index in [4.69, 9.17) is 0 Å². The molecule has 21 heavy (non-hydrogen) atoms. The number of aliphatic hydroxyl groups excluding tert-OH is 1. The molecule has 4 heteroatoms. The van der Waals surface area contributed by atoms with Gasteiger partial charge in [0.2, 0.25) is 0 Å². The van der Waals surface area contributed by atoms with E-state index in [1.165, 1.54) is 12.1 Å². The van der Waals surface area contributed by atoms with E-state index in [-0.39, 0.29) is 18.0 Å². The molecule has 118 valence electrons. The van der Waals surface area contributed by atoms with Crippen LogP contribution < -0.4 is 5.32 Å². The number of hydrogen-bond donors (Lipinski definition) is 2. The number of nitrogens with zero attached hydrogens (tertiary/aromatic N) is 1. The molecular formula is C17H27FN2O. The monoisotopic (exact) mass is 294 g/mol. The first kappa shape index (κ1) is 16.4. The number of aliphatic hydroxyl groups is 1. The molecule has 0 spiro atoms. The van der Waals surface area contributed by atoms with Gasteiger partial charge >= 0.3 is 0 Å². The average molecular weight is 294 g/mol. The third kappa shape index (κ3) is 5.06. The largest absolute Gasteiger partial charge is 0.393 e. The highest BCUT2D eigenvalue weighted by Crippen LogP contribution is 2.28. The molecular weight excluding hydrogens is 267 g/mol. The van der Waals surface area contributed by atoms with Crippen molar-refractivity contribution in [1.29, 1.82) is 0 Å². The minimum Gasteiger partial charge on any atom is -0.393 e. The van der Waals surface area contributed by atoms with Crippen molar-refractivity contribution in [2.75, 3.05) is 26.7 Å². The summed E-state index contributed by atoms with van der Waals surface area (Å²) in [5, 5.41) is 12.8. The Labute approximate surface area is 127 Å². The van der Waals surface area contributed by atoms with E-state index in [9.17, 15) is 9.50 Å². The van der Waals surface area contributed by atoms with Crippen molar-refractivity contribution in [1.82, 2.24) is 10.2 Å². The minimum atomic E-state index is -0.186. The Balaban J connectivity index is 1.80. The smallest absolute Gasteiger partial charge is 0.123 e. The summed E-state index contributed by atoms with van der Waals surface area (Å²) in [6, 6.07) is 7.05. The lowest BCUT2D eigenvalue weighted by Crippen LogP contribution is -2.38. The maximum atomic E-state index is 13.0. The average Bonchev–Trinajstić information content (AvgIpc) is 2.43. The van der Waals surface area contributed by atoms with Gasteiger partial charge in [-0.1, -0.05) is 19.1 Å². The molecule has 0 aliphatic heterocycles. The number of benzene rings is 1. The number of nitrogens with one attached hydrogen (secondary N) is 1. The van der Waals surface area contributed by atoms with E-state index < -0.39 is 0 Å². The Bertz CT molecular complexity index is 417. The topological polar surface area (TPSA) is 35.5 Å². The second-order valence-corrected chi connectivity index (χ2v) is 6.20. The molecule has 1 aliphatic carbocycles. The zero-order valence-corrected chi connectivity index (χ0v) is 13.1. The predicted octanol–water partition coefficient (Wildman–Crippen LogP) is 2.57. The van der Waals surface area contributed by atoms with Crippen LogP contribution in [0.5, 0.6) is 0 Å². The zero-order chi connectivity index (χ0) is 15.2. The Kier molecular flexibility index (Phi) is 6.15. The third-order valence-electron chi connectivity index (χ3n) is 4.30. The van der Waals surface area contributed by atoms with Crippen LogP contribution in [0.2, 0.25) is 0 Å². The van der Waals surface area contributed by atoms with Crippen LogP contribution in [-0.4, -0.2) is 42.8 Å². The van der Waals surface area contributed by atoms with Gasteiger partial charge in [-0.15, -0.1) is 0 Å². The maximum absolute atomic E-state index is 13.0. The fraction of sp³-hybridized carbons (Fsp3) is 0.647. The van der Waals surface area contributed by atoms with Crippen molar-refractivity contribution < 1.29 is 9.50 Å². The van der Waals surface area contributed by atoms with Crippen LogP contribution in [0.15, 0.2) is 24.3 Å². The van der Waals surface area contributed by atoms with Gasteiger partial charge in [0.05, 0.1) is 6.10 Å². The first-order chi connectivity index (χ1) is 10.1. The van der Waals surface area contributed by atoms with Gasteiger partial charge in [0.1, 0.15) is 5.82 Å². The Hall–Kier alpha value is -0.970. The molecule has 1 aromatic rings. The maximum Gasteiger partial charge on any atom is 0.123 e. The lowest BCUT2D eigenvalue weighted by molar-refractivity contribution is 0.0279. The Morgan fingerprint density at radius 2 is 2.00 bits per heavy atom. The highest BCUT2D eigenvalue weighted by molar-refractivity contribution is 5.19. The van der Waals surface area contributed by atoms with Crippen LogP contribution in [0.3, 0.4) is 0 Å². The van der Waals surface area contributed by atoms with Crippen LogP contribution in [-0.2, 0) is 0 Å². The number of rotatable bonds is 8. The summed E-state index contributed by atoms with van der Waals surface area (Å²) < 4.78 is 13.0. The van der Waals surface area contributed by atoms with Gasteiger partial charge in [-0.05, 0) is 63.0 Å². The van der Waals surface area contributed by atoms with E-state index in [2.05, 4.69) is 24.2 Å². The van der Waals surface area contributed by atoms with Crippen LogP contribution in [0.1, 0.15) is 37.8 Å². The molecule has 2 N–H and O–H groups in total. The molecule has 1 atom stereocenters. The van der Waals surface area contributed by atoms with Crippen LogP contribution >= 0.6 is 0 Å². The van der Waals surface area contributed by atoms with Crippen molar-refractivity contribution in [3.63, 3.8) is 0 Å². The SMILES string of the molecule is CCNC(CCN(C)CC1CC(O)C1)c1ccc(F)cc1. The lowest BCUT2D eigenvalue weighted by Gasteiger charge is -2.34. The lowest BCUT2D eigenvalue weighted by atomic mass is 9.82. The van der Waals surface area contributed by atoms with Crippen molar-refractivity contribution in [3.8, 4) is 0 Å². The molecule has 1 aliphatic rings. The first-order valence-electron chi connectivity index (χ1n) is 7.94. The molecule has 1 aromatic carbocycles. The van der Waals surface area contributed by atoms with E-state index in [1.54, 1.807) is 0 Å². The molecule has 2 rings (SSSR count). The van der Waals surface area contributed by atoms with Crippen LogP contribution in [0.4, 0.5) is 4.39 Å². The number of hydrogen-bond acceptors (Lipinski definition) is 3. The molecule has 1 fully saturated rings. The summed E-state index contributed by atoms with van der Waals surface area (Å²) in [6.07, 6.45) is 2.82. The van der Waals surface area contributed by atoms with Gasteiger partial charge < -0.3 is 15.3 Å². The van der Waals surface area contributed by atoms with Gasteiger partial charge in [-0.2, -0.15) is 0 Å². The van der Waals surface area contributed by atoms with Crippen LogP contribution in [0, 0.1) is 11.7 Å². The van der Waals surface area contributed by atoms with Gasteiger partial charge in [0.25, 0.3) is 0 Å². The van der Waals surface area contributed by atoms with Crippen LogP contribution in [0.25, 0.3) is 0 Å². The Morgan fingerprint density at radius 3 is 2.57 bits per heavy atom. The molecule has 0 bridgehead atoms. The second-order valence-electron chi connectivity index (χ2n) is 6.20. The van der Waals surface area contributed by atoms with Crippen molar-refractivity contribution in [3.05, 3.63) is 35.6 Å². The number of halogens is 1. The van der Waals surface area contributed by atoms with E-state index in [0.29, 0.717) is 5.92 Å². The fourth-order valence-electron chi connectivity index (χ4n) is 3.06. The Morgan fingerprint density at radius 1 is 1.33 bits per heavy atom. The van der Waals surface area contributed by atoms with Crippen molar-refractivity contribution in [2.24, 2.45) is 5.92 Å². The molecule has 0 aromatic heterocycles. The normalized spacial score (nSPS) is 23.1. The van der Waals surface area contributed by atoms with E-state index in [1.807, 2.05) is 12.1 Å². The summed E-state index contributed by atoms with van der Waals surface area (Å²) >= 11 is 0. The summed E-state index contributed by atoms with van der Waals surface area (Å²) in [7, 11) is 2.14. The highest BCUT2D eigenvalue weighted by Gasteiger charge is 2.27. The summed E-state index contributed by atoms with van der Waals surface area (Å²) in [6.45, 7) is 5.05. The van der Waals surface area contributed by atoms with Crippen molar-refractivity contribution >= 4 is 0 Å². The molecule has 0 radical (unpaired) electrons. The molecule has 3 nitrogen and oxygen atoms in total. The van der Waals surface area contributed by atoms with E-state index in [0.717, 1.165) is 44.5 Å². The minimum absolute atomic E-state index is 0.0721. The van der Waals surface area contributed by atoms with Crippen molar-refractivity contribution in [2.45, 2.75) is 38.3 Å². The standard InChI is InChI=1S/C17H27FN2O/c1-3-19-17(14-4-6-15(18)7-5-14)8-9-20(2)12-13-10-16(21)11-13/h4-7,13,16-17,19,21H,3,8-12H2,1-2H3. The van der Waals surface area contributed by atoms with Gasteiger partial charge in [0, 0.05) is 12.6 Å². The second kappa shape index (κ2) is 7.87. The zero-order valence-electron chi connectivity index (χ0n) is 13.1. The molecule has 1 unspecified atom stereocenters. The quantitative estimate of drug-likeness (QED) is 0.773. The fourth-order valence-corrected chi connectivity index (χ4v) is 3.06. The van der Waals surface area contributed by atoms with Gasteiger partial charge in [-0.3, -0.25) is 0 Å². The first-order valence-corrected chi connectivity index (χ1v) is 7.94. The molecule has 1 saturated carbocycles.